The molecule has 5 heteroatoms. The van der Waals surface area contributed by atoms with Crippen LogP contribution in [0, 0.1) is 0 Å². The first-order valence-electron chi connectivity index (χ1n) is 7.24. The molecule has 3 nitrogen and oxygen atoms in total. The number of rotatable bonds is 5. The number of aliphatic imine (C=N–C) groups is 1. The fourth-order valence-electron chi connectivity index (χ4n) is 1.70. The van der Waals surface area contributed by atoms with E-state index >= 15 is 0 Å². The Hall–Kier alpha value is -1.14. The third-order valence-corrected chi connectivity index (χ3v) is 4.44. The zero-order valence-electron chi connectivity index (χ0n) is 13.7. The van der Waals surface area contributed by atoms with Crippen molar-refractivity contribution in [3.05, 3.63) is 56.2 Å². The number of ether oxygens (including phenoxy) is 1. The van der Waals surface area contributed by atoms with Gasteiger partial charge in [0.1, 0.15) is 6.61 Å². The van der Waals surface area contributed by atoms with E-state index in [0.717, 1.165) is 22.0 Å². The fraction of sp³-hybridized carbons (Fsp3) is 0.333. The Balaban J connectivity index is 2.54. The van der Waals surface area contributed by atoms with E-state index in [1.165, 1.54) is 16.7 Å². The van der Waals surface area contributed by atoms with E-state index in [1.54, 1.807) is 6.08 Å². The van der Waals surface area contributed by atoms with Gasteiger partial charge in [-0.05, 0) is 85.6 Å². The highest BCUT2D eigenvalue weighted by Crippen LogP contribution is 2.18. The van der Waals surface area contributed by atoms with Crippen molar-refractivity contribution in [1.29, 1.82) is 0 Å². The van der Waals surface area contributed by atoms with Gasteiger partial charge in [-0.1, -0.05) is 29.3 Å². The summed E-state index contributed by atoms with van der Waals surface area (Å²) < 4.78 is 6.22. The summed E-state index contributed by atoms with van der Waals surface area (Å²) in [5.41, 5.74) is 6.18. The van der Waals surface area contributed by atoms with Crippen molar-refractivity contribution < 1.29 is 9.53 Å². The molecule has 0 heterocycles. The maximum Gasteiger partial charge on any atom is 0.434 e. The van der Waals surface area contributed by atoms with E-state index in [1.807, 2.05) is 12.2 Å². The fourth-order valence-corrected chi connectivity index (χ4v) is 2.43. The van der Waals surface area contributed by atoms with E-state index in [-0.39, 0.29) is 6.61 Å². The number of hydrogen-bond acceptors (Lipinski definition) is 2. The van der Waals surface area contributed by atoms with Crippen molar-refractivity contribution in [1.82, 2.24) is 0 Å². The molecule has 124 valence electrons. The van der Waals surface area contributed by atoms with Crippen molar-refractivity contribution in [3.63, 3.8) is 0 Å². The minimum absolute atomic E-state index is 0.152. The molecule has 1 amide bonds. The van der Waals surface area contributed by atoms with Crippen molar-refractivity contribution >= 4 is 46.0 Å². The minimum atomic E-state index is -0.633. The highest BCUT2D eigenvalue weighted by molar-refractivity contribution is 14.1. The molecule has 0 N–H and O–H groups in total. The second-order valence-electron chi connectivity index (χ2n) is 5.49. The Bertz CT molecular complexity index is 635. The highest BCUT2D eigenvalue weighted by Gasteiger charge is 2.09. The largest absolute Gasteiger partial charge is 0.443 e. The minimum Gasteiger partial charge on any atom is -0.443 e. The number of nitrogens with zero attached hydrogens (tertiary/aromatic N) is 1. The lowest BCUT2D eigenvalue weighted by molar-refractivity contribution is 0.166. The van der Waals surface area contributed by atoms with Gasteiger partial charge in [0.2, 0.25) is 0 Å². The van der Waals surface area contributed by atoms with Crippen molar-refractivity contribution in [2.75, 3.05) is 6.61 Å². The van der Waals surface area contributed by atoms with Crippen LogP contribution in [0.5, 0.6) is 0 Å². The maximum absolute atomic E-state index is 11.8. The first-order valence-corrected chi connectivity index (χ1v) is 8.76. The average molecular weight is 446 g/mol. The molecular weight excluding hydrogens is 425 g/mol. The molecule has 0 aromatic rings. The van der Waals surface area contributed by atoms with Crippen LogP contribution in [-0.2, 0) is 4.74 Å². The lowest BCUT2D eigenvalue weighted by Gasteiger charge is -2.09. The Labute approximate surface area is 156 Å². The molecule has 0 spiro atoms. The summed E-state index contributed by atoms with van der Waals surface area (Å²) in [6.45, 7) is 10.3. The molecule has 0 radical (unpaired) electrons. The lowest BCUT2D eigenvalue weighted by Crippen LogP contribution is -2.08. The molecule has 0 bridgehead atoms. The zero-order valence-corrected chi connectivity index (χ0v) is 16.6. The van der Waals surface area contributed by atoms with Crippen LogP contribution in [0.15, 0.2) is 61.2 Å². The van der Waals surface area contributed by atoms with Crippen molar-refractivity contribution in [2.45, 2.75) is 33.6 Å². The summed E-state index contributed by atoms with van der Waals surface area (Å²) in [6, 6.07) is 0. The molecule has 0 unspecified atom stereocenters. The van der Waals surface area contributed by atoms with Crippen LogP contribution < -0.4 is 0 Å². The van der Waals surface area contributed by atoms with Gasteiger partial charge in [0.15, 0.2) is 0 Å². The van der Waals surface area contributed by atoms with Crippen LogP contribution >= 0.6 is 34.2 Å². The molecule has 0 atom stereocenters. The zero-order chi connectivity index (χ0) is 17.4. The van der Waals surface area contributed by atoms with Crippen molar-refractivity contribution in [2.24, 2.45) is 4.99 Å². The Kier molecular flexibility index (Phi) is 8.55. The molecule has 1 aliphatic carbocycles. The molecule has 0 aromatic heterocycles. The van der Waals surface area contributed by atoms with Gasteiger partial charge in [0, 0.05) is 9.12 Å². The molecule has 0 fully saturated rings. The van der Waals surface area contributed by atoms with E-state index in [9.17, 15) is 4.79 Å². The van der Waals surface area contributed by atoms with Gasteiger partial charge in [-0.25, -0.2) is 4.79 Å². The second-order valence-corrected chi connectivity index (χ2v) is 6.95. The van der Waals surface area contributed by atoms with E-state index in [4.69, 9.17) is 16.3 Å². The lowest BCUT2D eigenvalue weighted by atomic mass is 10.0. The van der Waals surface area contributed by atoms with Gasteiger partial charge in [0.05, 0.1) is 5.71 Å². The molecular formula is C18H21ClINO2. The first-order chi connectivity index (χ1) is 10.8. The first kappa shape index (κ1) is 19.9. The van der Waals surface area contributed by atoms with E-state index in [0.29, 0.717) is 11.3 Å². The van der Waals surface area contributed by atoms with Crippen LogP contribution in [0.2, 0.25) is 0 Å². The summed E-state index contributed by atoms with van der Waals surface area (Å²) in [4.78, 5) is 15.7. The van der Waals surface area contributed by atoms with Gasteiger partial charge >= 0.3 is 6.09 Å². The van der Waals surface area contributed by atoms with Gasteiger partial charge in [-0.2, -0.15) is 4.99 Å². The van der Waals surface area contributed by atoms with E-state index in [2.05, 4.69) is 54.9 Å². The summed E-state index contributed by atoms with van der Waals surface area (Å²) >= 11 is 7.99. The molecule has 0 aromatic carbocycles. The monoisotopic (exact) mass is 445 g/mol. The molecule has 0 saturated heterocycles. The standard InChI is InChI=1S/C18H21ClINO2/c1-12(2)13(3)5-6-15(10-19)11-23-18(22)21-17-8-7-16(20)9-14(17)4/h7-10H,4-6,11H2,1-3H3/b15-10+,21-17-. The number of hydrogen-bond donors (Lipinski definition) is 0. The third kappa shape index (κ3) is 7.31. The molecule has 1 aliphatic rings. The molecule has 23 heavy (non-hydrogen) atoms. The van der Waals surface area contributed by atoms with Gasteiger partial charge < -0.3 is 4.74 Å². The average Bonchev–Trinajstić information content (AvgIpc) is 2.49. The smallest absolute Gasteiger partial charge is 0.434 e. The van der Waals surface area contributed by atoms with Gasteiger partial charge in [-0.3, -0.25) is 0 Å². The Morgan fingerprint density at radius 3 is 2.61 bits per heavy atom. The van der Waals surface area contributed by atoms with Crippen LogP contribution in [-0.4, -0.2) is 18.4 Å². The van der Waals surface area contributed by atoms with Gasteiger partial charge in [-0.15, -0.1) is 0 Å². The predicted molar refractivity (Wildman–Crippen MR) is 106 cm³/mol. The number of carbonyl (C=O) groups excluding carboxylic acids is 1. The molecule has 0 saturated carbocycles. The SMILES string of the molecule is C=C1C=C(I)C=C/C1=N/C(=O)OC/C(=C/Cl)CCC(C)=C(C)C. The number of amides is 1. The normalized spacial score (nSPS) is 16.4. The summed E-state index contributed by atoms with van der Waals surface area (Å²) in [5, 5.41) is 0. The predicted octanol–water partition coefficient (Wildman–Crippen LogP) is 6.27. The van der Waals surface area contributed by atoms with Crippen LogP contribution in [0.25, 0.3) is 0 Å². The Morgan fingerprint density at radius 2 is 2.04 bits per heavy atom. The van der Waals surface area contributed by atoms with Gasteiger partial charge in [0.25, 0.3) is 0 Å². The number of allylic oxidation sites excluding steroid dienone is 7. The summed E-state index contributed by atoms with van der Waals surface area (Å²) in [5.74, 6) is 0. The van der Waals surface area contributed by atoms with Crippen LogP contribution in [0.4, 0.5) is 4.79 Å². The third-order valence-electron chi connectivity index (χ3n) is 3.46. The molecule has 0 aliphatic heterocycles. The maximum atomic E-state index is 11.8. The number of halogens is 2. The second kappa shape index (κ2) is 9.88. The van der Waals surface area contributed by atoms with Crippen LogP contribution in [0.3, 0.4) is 0 Å². The van der Waals surface area contributed by atoms with Crippen LogP contribution in [0.1, 0.15) is 33.6 Å². The highest BCUT2D eigenvalue weighted by atomic mass is 127. The summed E-state index contributed by atoms with van der Waals surface area (Å²) in [6.07, 6.45) is 6.51. The topological polar surface area (TPSA) is 38.7 Å². The van der Waals surface area contributed by atoms with E-state index < -0.39 is 6.09 Å². The summed E-state index contributed by atoms with van der Waals surface area (Å²) in [7, 11) is 0. The Morgan fingerprint density at radius 1 is 1.35 bits per heavy atom. The quantitative estimate of drug-likeness (QED) is 0.369. The van der Waals surface area contributed by atoms with Crippen molar-refractivity contribution in [3.8, 4) is 0 Å². The molecule has 1 rings (SSSR count). The number of carbonyl (C=O) groups is 1.